The van der Waals surface area contributed by atoms with Gasteiger partial charge in [-0.15, -0.1) is 6.42 Å². The van der Waals surface area contributed by atoms with Crippen molar-refractivity contribution in [2.75, 3.05) is 13.2 Å². The Kier molecular flexibility index (Phi) is 4.17. The van der Waals surface area contributed by atoms with Crippen LogP contribution in [0.5, 0.6) is 5.88 Å². The third-order valence-corrected chi connectivity index (χ3v) is 1.55. The first-order valence-corrected chi connectivity index (χ1v) is 4.47. The van der Waals surface area contributed by atoms with Crippen LogP contribution >= 0.6 is 0 Å². The summed E-state index contributed by atoms with van der Waals surface area (Å²) in [5.41, 5.74) is 0.393. The van der Waals surface area contributed by atoms with Gasteiger partial charge in [-0.25, -0.2) is 9.78 Å². The van der Waals surface area contributed by atoms with Crippen molar-refractivity contribution in [3.8, 4) is 18.2 Å². The largest absolute Gasteiger partial charge is 0.464 e. The summed E-state index contributed by atoms with van der Waals surface area (Å²) in [6.07, 6.45) is 6.41. The van der Waals surface area contributed by atoms with Crippen LogP contribution in [0.3, 0.4) is 0 Å². The maximum absolute atomic E-state index is 11.2. The normalized spacial score (nSPS) is 9.07. The fraction of sp³-hybridized carbons (Fsp3) is 0.273. The molecule has 15 heavy (non-hydrogen) atoms. The average molecular weight is 205 g/mol. The highest BCUT2D eigenvalue weighted by atomic mass is 16.5. The summed E-state index contributed by atoms with van der Waals surface area (Å²) in [4.78, 5) is 15.1. The predicted octanol–water partition coefficient (Wildman–Crippen LogP) is 1.27. The highest BCUT2D eigenvalue weighted by Gasteiger charge is 2.06. The first-order valence-electron chi connectivity index (χ1n) is 4.47. The fourth-order valence-electron chi connectivity index (χ4n) is 0.916. The molecule has 0 fully saturated rings. The number of carbonyl (C=O) groups excluding carboxylic acids is 1. The van der Waals surface area contributed by atoms with E-state index in [2.05, 4.69) is 10.9 Å². The Hall–Kier alpha value is -2.02. The number of nitrogens with zero attached hydrogens (tertiary/aromatic N) is 1. The van der Waals surface area contributed by atoms with Crippen LogP contribution in [0.1, 0.15) is 17.3 Å². The molecule has 1 rings (SSSR count). The van der Waals surface area contributed by atoms with Crippen molar-refractivity contribution in [1.29, 1.82) is 0 Å². The van der Waals surface area contributed by atoms with Gasteiger partial charge >= 0.3 is 5.97 Å². The van der Waals surface area contributed by atoms with Gasteiger partial charge in [0.2, 0.25) is 5.88 Å². The molecular weight excluding hydrogens is 194 g/mol. The summed E-state index contributed by atoms with van der Waals surface area (Å²) in [5.74, 6) is 2.31. The van der Waals surface area contributed by atoms with E-state index >= 15 is 0 Å². The molecule has 1 heterocycles. The third-order valence-electron chi connectivity index (χ3n) is 1.55. The lowest BCUT2D eigenvalue weighted by Gasteiger charge is -2.03. The quantitative estimate of drug-likeness (QED) is 0.548. The van der Waals surface area contributed by atoms with E-state index in [1.54, 1.807) is 19.1 Å². The van der Waals surface area contributed by atoms with E-state index < -0.39 is 5.97 Å². The van der Waals surface area contributed by atoms with Crippen LogP contribution in [-0.2, 0) is 4.74 Å². The minimum atomic E-state index is -0.395. The van der Waals surface area contributed by atoms with Crippen molar-refractivity contribution in [3.63, 3.8) is 0 Å². The van der Waals surface area contributed by atoms with E-state index in [1.807, 2.05) is 0 Å². The second-order valence-electron chi connectivity index (χ2n) is 2.60. The van der Waals surface area contributed by atoms with Gasteiger partial charge in [0.05, 0.1) is 12.2 Å². The van der Waals surface area contributed by atoms with Crippen LogP contribution in [0.4, 0.5) is 0 Å². The molecule has 0 N–H and O–H groups in total. The maximum Gasteiger partial charge on any atom is 0.339 e. The van der Waals surface area contributed by atoms with Gasteiger partial charge in [-0.1, -0.05) is 5.92 Å². The van der Waals surface area contributed by atoms with Crippen molar-refractivity contribution in [3.05, 3.63) is 23.9 Å². The molecule has 0 radical (unpaired) electrons. The molecule has 0 unspecified atom stereocenters. The van der Waals surface area contributed by atoms with Crippen molar-refractivity contribution in [2.24, 2.45) is 0 Å². The van der Waals surface area contributed by atoms with Crippen molar-refractivity contribution >= 4 is 5.97 Å². The van der Waals surface area contributed by atoms with E-state index in [-0.39, 0.29) is 6.61 Å². The molecule has 0 saturated carbocycles. The second kappa shape index (κ2) is 5.66. The molecular formula is C11H11NO3. The minimum Gasteiger partial charge on any atom is -0.464 e. The zero-order chi connectivity index (χ0) is 11.1. The predicted molar refractivity (Wildman–Crippen MR) is 54.5 cm³/mol. The average Bonchev–Trinajstić information content (AvgIpc) is 2.27. The molecule has 0 spiro atoms. The molecule has 0 atom stereocenters. The first kappa shape index (κ1) is 11.1. The molecule has 1 aromatic heterocycles. The number of hydrogen-bond acceptors (Lipinski definition) is 4. The van der Waals surface area contributed by atoms with Crippen LogP contribution in [0.2, 0.25) is 0 Å². The van der Waals surface area contributed by atoms with Crippen LogP contribution < -0.4 is 4.74 Å². The van der Waals surface area contributed by atoms with E-state index in [4.69, 9.17) is 15.9 Å². The molecule has 0 aliphatic heterocycles. The Morgan fingerprint density at radius 3 is 2.93 bits per heavy atom. The van der Waals surface area contributed by atoms with Gasteiger partial charge in [0.1, 0.15) is 0 Å². The minimum absolute atomic E-state index is 0.158. The molecule has 4 heteroatoms. The molecule has 0 aromatic carbocycles. The summed E-state index contributed by atoms with van der Waals surface area (Å²) in [7, 11) is 0. The summed E-state index contributed by atoms with van der Waals surface area (Å²) in [6, 6.07) is 3.15. The number of carbonyl (C=O) groups is 1. The van der Waals surface area contributed by atoms with Crippen LogP contribution in [0.15, 0.2) is 18.3 Å². The van der Waals surface area contributed by atoms with Crippen molar-refractivity contribution in [1.82, 2.24) is 4.98 Å². The topological polar surface area (TPSA) is 48.4 Å². The standard InChI is InChI=1S/C11H11NO3/c1-3-7-15-10-6-5-9(8-12-10)11(13)14-4-2/h1,5-6,8H,4,7H2,2H3. The van der Waals surface area contributed by atoms with E-state index in [0.717, 1.165) is 0 Å². The van der Waals surface area contributed by atoms with Gasteiger partial charge in [-0.3, -0.25) is 0 Å². The number of aromatic nitrogens is 1. The number of terminal acetylenes is 1. The molecule has 0 aliphatic rings. The molecule has 78 valence electrons. The van der Waals surface area contributed by atoms with Gasteiger partial charge in [0, 0.05) is 12.3 Å². The van der Waals surface area contributed by atoms with Gasteiger partial charge in [-0.05, 0) is 13.0 Å². The Morgan fingerprint density at radius 2 is 2.40 bits per heavy atom. The highest BCUT2D eigenvalue weighted by Crippen LogP contribution is 2.08. The molecule has 4 nitrogen and oxygen atoms in total. The third kappa shape index (κ3) is 3.31. The molecule has 0 amide bonds. The van der Waals surface area contributed by atoms with Gasteiger partial charge in [0.15, 0.2) is 6.61 Å². The van der Waals surface area contributed by atoms with Gasteiger partial charge in [0.25, 0.3) is 0 Å². The zero-order valence-corrected chi connectivity index (χ0v) is 8.40. The number of rotatable bonds is 4. The number of esters is 1. The number of ether oxygens (including phenoxy) is 2. The van der Waals surface area contributed by atoms with Crippen molar-refractivity contribution in [2.45, 2.75) is 6.92 Å². The van der Waals surface area contributed by atoms with Crippen molar-refractivity contribution < 1.29 is 14.3 Å². The lowest BCUT2D eigenvalue weighted by Crippen LogP contribution is -2.05. The van der Waals surface area contributed by atoms with E-state index in [1.165, 1.54) is 6.20 Å². The van der Waals surface area contributed by atoms with Crippen LogP contribution in [-0.4, -0.2) is 24.2 Å². The Morgan fingerprint density at radius 1 is 1.60 bits per heavy atom. The maximum atomic E-state index is 11.2. The lowest BCUT2D eigenvalue weighted by atomic mass is 10.3. The summed E-state index contributed by atoms with van der Waals surface area (Å²) < 4.78 is 9.85. The first-order chi connectivity index (χ1) is 7.27. The van der Waals surface area contributed by atoms with Gasteiger partial charge in [-0.2, -0.15) is 0 Å². The van der Waals surface area contributed by atoms with E-state index in [9.17, 15) is 4.79 Å². The summed E-state index contributed by atoms with van der Waals surface area (Å²) in [5, 5.41) is 0. The molecule has 1 aromatic rings. The molecule has 0 saturated heterocycles. The second-order valence-corrected chi connectivity index (χ2v) is 2.60. The van der Waals surface area contributed by atoms with Crippen LogP contribution in [0, 0.1) is 12.3 Å². The molecule has 0 aliphatic carbocycles. The Balaban J connectivity index is 2.64. The Labute approximate surface area is 88.2 Å². The highest BCUT2D eigenvalue weighted by molar-refractivity contribution is 5.89. The smallest absolute Gasteiger partial charge is 0.339 e. The van der Waals surface area contributed by atoms with Gasteiger partial charge < -0.3 is 9.47 Å². The summed E-state index contributed by atoms with van der Waals surface area (Å²) in [6.45, 7) is 2.25. The Bertz CT molecular complexity index is 364. The summed E-state index contributed by atoms with van der Waals surface area (Å²) >= 11 is 0. The molecule has 0 bridgehead atoms. The SMILES string of the molecule is C#CCOc1ccc(C(=O)OCC)cn1. The number of pyridine rings is 1. The fourth-order valence-corrected chi connectivity index (χ4v) is 0.916. The van der Waals surface area contributed by atoms with E-state index in [0.29, 0.717) is 18.1 Å². The number of hydrogen-bond donors (Lipinski definition) is 0. The van der Waals surface area contributed by atoms with Crippen LogP contribution in [0.25, 0.3) is 0 Å². The lowest BCUT2D eigenvalue weighted by molar-refractivity contribution is 0.0526. The monoisotopic (exact) mass is 205 g/mol. The zero-order valence-electron chi connectivity index (χ0n) is 8.40.